The monoisotopic (exact) mass is 385 g/mol. The van der Waals surface area contributed by atoms with Crippen LogP contribution in [0.5, 0.6) is 0 Å². The van der Waals surface area contributed by atoms with E-state index >= 15 is 0 Å². The molecule has 0 radical (unpaired) electrons. The summed E-state index contributed by atoms with van der Waals surface area (Å²) in [5.41, 5.74) is 0. The first-order valence-electron chi connectivity index (χ1n) is 8.27. The molecular formula is C16H23N3O4S2. The Balaban J connectivity index is 2.29. The van der Waals surface area contributed by atoms with Gasteiger partial charge in [-0.25, -0.2) is 16.8 Å². The van der Waals surface area contributed by atoms with Crippen molar-refractivity contribution in [3.8, 4) is 6.07 Å². The fraction of sp³-hybridized carbons (Fsp3) is 0.562. The molecule has 138 valence electrons. The molecule has 1 saturated heterocycles. The van der Waals surface area contributed by atoms with E-state index in [1.54, 1.807) is 13.8 Å². The Morgan fingerprint density at radius 3 is 2.20 bits per heavy atom. The maximum absolute atomic E-state index is 12.7. The van der Waals surface area contributed by atoms with Gasteiger partial charge < -0.3 is 0 Å². The van der Waals surface area contributed by atoms with E-state index in [-0.39, 0.29) is 22.3 Å². The highest BCUT2D eigenvalue weighted by atomic mass is 32.2. The summed E-state index contributed by atoms with van der Waals surface area (Å²) in [7, 11) is -7.34. The predicted octanol–water partition coefficient (Wildman–Crippen LogP) is 1.64. The minimum atomic E-state index is -3.72. The Morgan fingerprint density at radius 1 is 1.12 bits per heavy atom. The molecule has 0 aliphatic carbocycles. The Morgan fingerprint density at radius 2 is 1.68 bits per heavy atom. The molecule has 0 unspecified atom stereocenters. The van der Waals surface area contributed by atoms with E-state index in [2.05, 4.69) is 6.07 Å². The smallest absolute Gasteiger partial charge is 0.207 e. The molecule has 0 spiro atoms. The number of piperidine rings is 1. The van der Waals surface area contributed by atoms with Gasteiger partial charge in [-0.3, -0.25) is 0 Å². The summed E-state index contributed by atoms with van der Waals surface area (Å²) in [6.45, 7) is 4.76. The number of hydrogen-bond acceptors (Lipinski definition) is 5. The second-order valence-electron chi connectivity index (χ2n) is 5.89. The number of nitrogens with zero attached hydrogens (tertiary/aromatic N) is 3. The third kappa shape index (κ3) is 4.03. The molecule has 0 amide bonds. The van der Waals surface area contributed by atoms with E-state index in [1.165, 1.54) is 32.9 Å². The Kier molecular flexibility index (Phi) is 6.21. The van der Waals surface area contributed by atoms with E-state index < -0.39 is 20.0 Å². The number of sulfonamides is 2. The van der Waals surface area contributed by atoms with E-state index in [0.717, 1.165) is 0 Å². The van der Waals surface area contributed by atoms with Crippen molar-refractivity contribution in [2.45, 2.75) is 36.5 Å². The highest BCUT2D eigenvalue weighted by Gasteiger charge is 2.30. The second kappa shape index (κ2) is 7.83. The van der Waals surface area contributed by atoms with Crippen molar-refractivity contribution >= 4 is 20.0 Å². The first-order chi connectivity index (χ1) is 11.8. The van der Waals surface area contributed by atoms with Crippen molar-refractivity contribution in [1.29, 1.82) is 5.26 Å². The van der Waals surface area contributed by atoms with Crippen molar-refractivity contribution < 1.29 is 16.8 Å². The van der Waals surface area contributed by atoms with Crippen LogP contribution in [0.3, 0.4) is 0 Å². The molecule has 1 heterocycles. The van der Waals surface area contributed by atoms with Crippen molar-refractivity contribution in [2.75, 3.05) is 26.2 Å². The third-order valence-electron chi connectivity index (χ3n) is 4.37. The minimum Gasteiger partial charge on any atom is -0.207 e. The average Bonchev–Trinajstić information content (AvgIpc) is 2.62. The zero-order chi connectivity index (χ0) is 18.7. The van der Waals surface area contributed by atoms with Gasteiger partial charge in [0.05, 0.1) is 21.8 Å². The predicted molar refractivity (Wildman–Crippen MR) is 93.6 cm³/mol. The van der Waals surface area contributed by atoms with E-state index in [1.807, 2.05) is 0 Å². The van der Waals surface area contributed by atoms with Crippen LogP contribution < -0.4 is 0 Å². The summed E-state index contributed by atoms with van der Waals surface area (Å²) < 4.78 is 53.0. The molecule has 1 aliphatic rings. The van der Waals surface area contributed by atoms with Gasteiger partial charge in [-0.15, -0.1) is 0 Å². The fourth-order valence-electron chi connectivity index (χ4n) is 2.91. The van der Waals surface area contributed by atoms with Crippen molar-refractivity contribution in [2.24, 2.45) is 5.92 Å². The summed E-state index contributed by atoms with van der Waals surface area (Å²) in [5.74, 6) is -0.300. The molecule has 0 bridgehead atoms. The van der Waals surface area contributed by atoms with Gasteiger partial charge in [0.2, 0.25) is 20.0 Å². The summed E-state index contributed by atoms with van der Waals surface area (Å²) in [4.78, 5) is 0.119. The molecule has 1 fully saturated rings. The first kappa shape index (κ1) is 19.8. The number of benzene rings is 1. The molecule has 0 saturated carbocycles. The minimum absolute atomic E-state index is 0.0459. The lowest BCUT2D eigenvalue weighted by Gasteiger charge is -2.28. The second-order valence-corrected chi connectivity index (χ2v) is 9.77. The van der Waals surface area contributed by atoms with Gasteiger partial charge in [0.1, 0.15) is 0 Å². The van der Waals surface area contributed by atoms with Crippen LogP contribution in [0, 0.1) is 17.2 Å². The fourth-order valence-corrected chi connectivity index (χ4v) is 5.89. The largest absolute Gasteiger partial charge is 0.243 e. The molecule has 2 rings (SSSR count). The number of hydrogen-bond donors (Lipinski definition) is 0. The lowest BCUT2D eigenvalue weighted by atomic mass is 10.0. The van der Waals surface area contributed by atoms with Crippen LogP contribution in [0.4, 0.5) is 0 Å². The van der Waals surface area contributed by atoms with Crippen LogP contribution in [-0.4, -0.2) is 51.6 Å². The molecule has 25 heavy (non-hydrogen) atoms. The summed E-state index contributed by atoms with van der Waals surface area (Å²) >= 11 is 0. The van der Waals surface area contributed by atoms with Crippen LogP contribution >= 0.6 is 0 Å². The van der Waals surface area contributed by atoms with Crippen molar-refractivity contribution in [3.63, 3.8) is 0 Å². The van der Waals surface area contributed by atoms with Crippen LogP contribution in [0.15, 0.2) is 34.1 Å². The number of nitriles is 1. The van der Waals surface area contributed by atoms with E-state index in [9.17, 15) is 16.8 Å². The van der Waals surface area contributed by atoms with Crippen LogP contribution in [-0.2, 0) is 20.0 Å². The number of rotatable bonds is 6. The van der Waals surface area contributed by atoms with Crippen molar-refractivity contribution in [1.82, 2.24) is 8.61 Å². The van der Waals surface area contributed by atoms with Gasteiger partial charge in [0.25, 0.3) is 0 Å². The van der Waals surface area contributed by atoms with Crippen LogP contribution in [0.2, 0.25) is 0 Å². The first-order valence-corrected chi connectivity index (χ1v) is 11.1. The van der Waals surface area contributed by atoms with E-state index in [4.69, 9.17) is 5.26 Å². The topological polar surface area (TPSA) is 98.6 Å². The standard InChI is InChI=1S/C16H23N3O4S2/c1-3-18(4-2)24(20,21)15-7-9-16(10-8-15)25(22,23)19-11-5-6-14(12-17)13-19/h7-10,14H,3-6,11,13H2,1-2H3/t14-/m0/s1. The van der Waals surface area contributed by atoms with Gasteiger partial charge in [-0.1, -0.05) is 13.8 Å². The lowest BCUT2D eigenvalue weighted by molar-refractivity contribution is 0.305. The van der Waals surface area contributed by atoms with E-state index in [0.29, 0.717) is 32.5 Å². The Bertz CT molecular complexity index is 838. The van der Waals surface area contributed by atoms with Gasteiger partial charge in [-0.05, 0) is 37.1 Å². The van der Waals surface area contributed by atoms with Crippen molar-refractivity contribution in [3.05, 3.63) is 24.3 Å². The van der Waals surface area contributed by atoms with Crippen LogP contribution in [0.25, 0.3) is 0 Å². The zero-order valence-corrected chi connectivity index (χ0v) is 16.1. The highest BCUT2D eigenvalue weighted by Crippen LogP contribution is 2.25. The average molecular weight is 386 g/mol. The maximum Gasteiger partial charge on any atom is 0.243 e. The summed E-state index contributed by atoms with van der Waals surface area (Å²) in [6, 6.07) is 7.41. The van der Waals surface area contributed by atoms with Gasteiger partial charge in [0.15, 0.2) is 0 Å². The molecule has 0 N–H and O–H groups in total. The lowest BCUT2D eigenvalue weighted by Crippen LogP contribution is -2.39. The molecule has 1 aromatic rings. The normalized spacial score (nSPS) is 19.7. The molecule has 9 heteroatoms. The zero-order valence-electron chi connectivity index (χ0n) is 14.4. The third-order valence-corrected chi connectivity index (χ3v) is 8.31. The molecule has 1 aromatic carbocycles. The van der Waals surface area contributed by atoms with Gasteiger partial charge in [-0.2, -0.15) is 13.9 Å². The van der Waals surface area contributed by atoms with Crippen LogP contribution in [0.1, 0.15) is 26.7 Å². The van der Waals surface area contributed by atoms with Gasteiger partial charge >= 0.3 is 0 Å². The molecule has 7 nitrogen and oxygen atoms in total. The highest BCUT2D eigenvalue weighted by molar-refractivity contribution is 7.89. The Hall–Kier alpha value is -1.47. The molecule has 0 aromatic heterocycles. The molecule has 1 atom stereocenters. The maximum atomic E-state index is 12.7. The van der Waals surface area contributed by atoms with Gasteiger partial charge in [0, 0.05) is 26.2 Å². The summed E-state index contributed by atoms with van der Waals surface area (Å²) in [6.07, 6.45) is 1.34. The molecular weight excluding hydrogens is 362 g/mol. The summed E-state index contributed by atoms with van der Waals surface area (Å²) in [5, 5.41) is 9.03. The SMILES string of the molecule is CCN(CC)S(=O)(=O)c1ccc(S(=O)(=O)N2CCC[C@@H](C#N)C2)cc1. The molecule has 1 aliphatic heterocycles. The Labute approximate surface area is 150 Å². The quantitative estimate of drug-likeness (QED) is 0.741.